The molecule has 0 aliphatic heterocycles. The quantitative estimate of drug-likeness (QED) is 0.756. The summed E-state index contributed by atoms with van der Waals surface area (Å²) in [5.41, 5.74) is 2.05. The van der Waals surface area contributed by atoms with Crippen LogP contribution in [0.5, 0.6) is 0 Å². The summed E-state index contributed by atoms with van der Waals surface area (Å²) in [5.74, 6) is 0. The molecule has 0 saturated carbocycles. The van der Waals surface area contributed by atoms with E-state index in [4.69, 9.17) is 16.0 Å². The van der Waals surface area contributed by atoms with Crippen molar-refractivity contribution in [1.29, 1.82) is 0 Å². The van der Waals surface area contributed by atoms with Gasteiger partial charge in [0.25, 0.3) is 0 Å². The largest absolute Gasteiger partial charge is 0.464 e. The highest BCUT2D eigenvalue weighted by Gasteiger charge is 2.06. The second-order valence-electron chi connectivity index (χ2n) is 3.64. The summed E-state index contributed by atoms with van der Waals surface area (Å²) >= 11 is 5.86. The highest BCUT2D eigenvalue weighted by Crippen LogP contribution is 2.24. The molecule has 1 aromatic heterocycles. The summed E-state index contributed by atoms with van der Waals surface area (Å²) in [6.07, 6.45) is 1.79. The molecule has 2 rings (SSSR count). The van der Waals surface area contributed by atoms with Gasteiger partial charge >= 0.3 is 0 Å². The van der Waals surface area contributed by atoms with E-state index < -0.39 is 0 Å². The Morgan fingerprint density at radius 3 is 2.86 bits per heavy atom. The molecular formula is C11H12ClNO. The van der Waals surface area contributed by atoms with Crippen LogP contribution in [0.2, 0.25) is 5.02 Å². The number of hydrogen-bond acceptors (Lipinski definition) is 2. The van der Waals surface area contributed by atoms with Gasteiger partial charge in [0, 0.05) is 22.5 Å². The molecular weight excluding hydrogens is 198 g/mol. The first-order valence-corrected chi connectivity index (χ1v) is 4.85. The minimum Gasteiger partial charge on any atom is -0.464 e. The van der Waals surface area contributed by atoms with Crippen LogP contribution in [-0.4, -0.2) is 19.0 Å². The monoisotopic (exact) mass is 209 g/mol. The fraction of sp³-hybridized carbons (Fsp3) is 0.273. The first-order valence-electron chi connectivity index (χ1n) is 4.47. The molecule has 0 atom stereocenters. The first kappa shape index (κ1) is 9.56. The second kappa shape index (κ2) is 3.64. The number of fused-ring (bicyclic) bond motifs is 1. The number of hydrogen-bond donors (Lipinski definition) is 0. The average molecular weight is 210 g/mol. The topological polar surface area (TPSA) is 16.4 Å². The van der Waals surface area contributed by atoms with Crippen molar-refractivity contribution in [3.63, 3.8) is 0 Å². The second-order valence-corrected chi connectivity index (χ2v) is 4.08. The van der Waals surface area contributed by atoms with E-state index >= 15 is 0 Å². The zero-order valence-electron chi connectivity index (χ0n) is 8.25. The summed E-state index contributed by atoms with van der Waals surface area (Å²) in [6, 6.07) is 5.73. The van der Waals surface area contributed by atoms with Crippen molar-refractivity contribution in [2.75, 3.05) is 14.1 Å². The fourth-order valence-electron chi connectivity index (χ4n) is 1.52. The van der Waals surface area contributed by atoms with Crippen LogP contribution in [0.4, 0.5) is 0 Å². The molecule has 0 aliphatic rings. The van der Waals surface area contributed by atoms with Gasteiger partial charge in [-0.05, 0) is 32.3 Å². The number of benzene rings is 1. The van der Waals surface area contributed by atoms with Gasteiger partial charge in [-0.1, -0.05) is 11.6 Å². The summed E-state index contributed by atoms with van der Waals surface area (Å²) in [5, 5.41) is 1.85. The Hall–Kier alpha value is -0.990. The molecule has 2 nitrogen and oxygen atoms in total. The lowest BCUT2D eigenvalue weighted by Crippen LogP contribution is -2.09. The predicted octanol–water partition coefficient (Wildman–Crippen LogP) is 3.15. The minimum atomic E-state index is 0.711. The van der Waals surface area contributed by atoms with Crippen LogP contribution in [0.25, 0.3) is 11.0 Å². The van der Waals surface area contributed by atoms with Crippen LogP contribution in [0, 0.1) is 0 Å². The van der Waals surface area contributed by atoms with Gasteiger partial charge in [0.05, 0.1) is 6.26 Å². The molecule has 74 valence electrons. The minimum absolute atomic E-state index is 0.711. The Morgan fingerprint density at radius 1 is 1.36 bits per heavy atom. The SMILES string of the molecule is CN(C)Cc1coc2cc(Cl)ccc12. The van der Waals surface area contributed by atoms with Crippen molar-refractivity contribution in [2.45, 2.75) is 6.54 Å². The molecule has 0 unspecified atom stereocenters. The number of halogens is 1. The average Bonchev–Trinajstić information content (AvgIpc) is 2.47. The van der Waals surface area contributed by atoms with Gasteiger partial charge in [0.15, 0.2) is 0 Å². The van der Waals surface area contributed by atoms with Crippen molar-refractivity contribution in [3.8, 4) is 0 Å². The van der Waals surface area contributed by atoms with Gasteiger partial charge in [-0.2, -0.15) is 0 Å². The van der Waals surface area contributed by atoms with E-state index in [2.05, 4.69) is 4.90 Å². The van der Waals surface area contributed by atoms with Gasteiger partial charge < -0.3 is 9.32 Å². The van der Waals surface area contributed by atoms with Gasteiger partial charge in [-0.15, -0.1) is 0 Å². The molecule has 0 fully saturated rings. The van der Waals surface area contributed by atoms with E-state index in [1.807, 2.05) is 32.3 Å². The molecule has 0 saturated heterocycles. The van der Waals surface area contributed by atoms with E-state index in [0.29, 0.717) is 5.02 Å². The van der Waals surface area contributed by atoms with Crippen LogP contribution in [0.1, 0.15) is 5.56 Å². The molecule has 14 heavy (non-hydrogen) atoms. The van der Waals surface area contributed by atoms with E-state index in [1.165, 1.54) is 5.56 Å². The maximum atomic E-state index is 5.86. The Kier molecular flexibility index (Phi) is 2.48. The van der Waals surface area contributed by atoms with Crippen LogP contribution >= 0.6 is 11.6 Å². The van der Waals surface area contributed by atoms with Gasteiger partial charge in [0.1, 0.15) is 5.58 Å². The molecule has 0 bridgehead atoms. The zero-order valence-corrected chi connectivity index (χ0v) is 9.01. The maximum absolute atomic E-state index is 5.86. The molecule has 3 heteroatoms. The van der Waals surface area contributed by atoms with Crippen LogP contribution < -0.4 is 0 Å². The molecule has 0 spiro atoms. The predicted molar refractivity (Wildman–Crippen MR) is 58.6 cm³/mol. The third-order valence-corrected chi connectivity index (χ3v) is 2.34. The summed E-state index contributed by atoms with van der Waals surface area (Å²) in [7, 11) is 4.07. The smallest absolute Gasteiger partial charge is 0.135 e. The molecule has 2 aromatic rings. The molecule has 0 aliphatic carbocycles. The van der Waals surface area contributed by atoms with Crippen molar-refractivity contribution in [2.24, 2.45) is 0 Å². The summed E-state index contributed by atoms with van der Waals surface area (Å²) < 4.78 is 5.42. The lowest BCUT2D eigenvalue weighted by Gasteiger charge is -2.06. The van der Waals surface area contributed by atoms with Crippen LogP contribution in [0.3, 0.4) is 0 Å². The Morgan fingerprint density at radius 2 is 2.14 bits per heavy atom. The van der Waals surface area contributed by atoms with E-state index in [0.717, 1.165) is 17.5 Å². The standard InChI is InChI=1S/C11H12ClNO/c1-13(2)6-8-7-14-11-5-9(12)3-4-10(8)11/h3-5,7H,6H2,1-2H3. The first-order chi connectivity index (χ1) is 6.66. The third kappa shape index (κ3) is 1.76. The summed E-state index contributed by atoms with van der Waals surface area (Å²) in [6.45, 7) is 0.884. The van der Waals surface area contributed by atoms with E-state index in [1.54, 1.807) is 6.26 Å². The van der Waals surface area contributed by atoms with Crippen LogP contribution in [-0.2, 0) is 6.54 Å². The molecule has 1 aromatic carbocycles. The fourth-order valence-corrected chi connectivity index (χ4v) is 1.68. The van der Waals surface area contributed by atoms with E-state index in [-0.39, 0.29) is 0 Å². The highest BCUT2D eigenvalue weighted by molar-refractivity contribution is 6.31. The van der Waals surface area contributed by atoms with Crippen molar-refractivity contribution in [1.82, 2.24) is 4.90 Å². The van der Waals surface area contributed by atoms with Gasteiger partial charge in [-0.3, -0.25) is 0 Å². The molecule has 0 amide bonds. The van der Waals surface area contributed by atoms with Gasteiger partial charge in [-0.25, -0.2) is 0 Å². The summed E-state index contributed by atoms with van der Waals surface area (Å²) in [4.78, 5) is 2.11. The molecule has 1 heterocycles. The Balaban J connectivity index is 2.47. The molecule has 0 N–H and O–H groups in total. The number of rotatable bonds is 2. The normalized spacial score (nSPS) is 11.4. The third-order valence-electron chi connectivity index (χ3n) is 2.10. The van der Waals surface area contributed by atoms with Gasteiger partial charge in [0.2, 0.25) is 0 Å². The van der Waals surface area contributed by atoms with Crippen molar-refractivity contribution < 1.29 is 4.42 Å². The number of nitrogens with zero attached hydrogens (tertiary/aromatic N) is 1. The van der Waals surface area contributed by atoms with Crippen LogP contribution in [0.15, 0.2) is 28.9 Å². The lowest BCUT2D eigenvalue weighted by molar-refractivity contribution is 0.401. The van der Waals surface area contributed by atoms with Crippen molar-refractivity contribution in [3.05, 3.63) is 35.0 Å². The molecule has 0 radical (unpaired) electrons. The Labute approximate surface area is 88.1 Å². The highest BCUT2D eigenvalue weighted by atomic mass is 35.5. The number of furan rings is 1. The Bertz CT molecular complexity index is 447. The lowest BCUT2D eigenvalue weighted by atomic mass is 10.2. The maximum Gasteiger partial charge on any atom is 0.135 e. The zero-order chi connectivity index (χ0) is 10.1. The van der Waals surface area contributed by atoms with Crippen molar-refractivity contribution >= 4 is 22.6 Å². The van der Waals surface area contributed by atoms with E-state index in [9.17, 15) is 0 Å².